The Hall–Kier alpha value is -0.850. The predicted octanol–water partition coefficient (Wildman–Crippen LogP) is -0.157. The molecule has 0 radical (unpaired) electrons. The number of hydrogen-bond donors (Lipinski definition) is 3. The molecule has 1 atom stereocenters. The Balaban J connectivity index is 1.82. The molecule has 104 valence electrons. The summed E-state index contributed by atoms with van der Waals surface area (Å²) in [6.07, 6.45) is 2.84. The van der Waals surface area contributed by atoms with E-state index in [4.69, 9.17) is 9.47 Å². The second-order valence-corrected chi connectivity index (χ2v) is 4.90. The molecule has 2 aliphatic heterocycles. The fourth-order valence-corrected chi connectivity index (χ4v) is 2.77. The lowest BCUT2D eigenvalue weighted by Gasteiger charge is -2.38. The van der Waals surface area contributed by atoms with Gasteiger partial charge in [-0.05, 0) is 32.4 Å². The molecule has 2 saturated heterocycles. The van der Waals surface area contributed by atoms with Gasteiger partial charge in [0.25, 0.3) is 0 Å². The van der Waals surface area contributed by atoms with Crippen molar-refractivity contribution in [1.82, 2.24) is 16.0 Å². The minimum Gasteiger partial charge on any atom is -0.383 e. The van der Waals surface area contributed by atoms with E-state index < -0.39 is 0 Å². The molecule has 2 fully saturated rings. The number of methoxy groups -OCH3 is 1. The van der Waals surface area contributed by atoms with Crippen molar-refractivity contribution >= 4 is 6.03 Å². The van der Waals surface area contributed by atoms with E-state index in [0.29, 0.717) is 13.2 Å². The van der Waals surface area contributed by atoms with Crippen LogP contribution in [-0.2, 0) is 9.47 Å². The lowest BCUT2D eigenvalue weighted by atomic mass is 9.85. The molecule has 0 aliphatic carbocycles. The highest BCUT2D eigenvalue weighted by atomic mass is 16.5. The van der Waals surface area contributed by atoms with E-state index in [9.17, 15) is 4.79 Å². The second kappa shape index (κ2) is 6.36. The van der Waals surface area contributed by atoms with Crippen LogP contribution < -0.4 is 16.0 Å². The van der Waals surface area contributed by atoms with Crippen LogP contribution in [0.3, 0.4) is 0 Å². The molecular weight excluding hydrogens is 234 g/mol. The first-order valence-electron chi connectivity index (χ1n) is 6.65. The molecule has 6 heteroatoms. The van der Waals surface area contributed by atoms with Crippen molar-refractivity contribution in [3.8, 4) is 0 Å². The van der Waals surface area contributed by atoms with E-state index in [2.05, 4.69) is 16.0 Å². The Morgan fingerprint density at radius 2 is 2.28 bits per heavy atom. The van der Waals surface area contributed by atoms with Gasteiger partial charge in [0.15, 0.2) is 0 Å². The molecular formula is C12H23N3O3. The van der Waals surface area contributed by atoms with Crippen LogP contribution in [0.1, 0.15) is 19.3 Å². The Bertz CT molecular complexity index is 280. The largest absolute Gasteiger partial charge is 0.383 e. The Labute approximate surface area is 108 Å². The normalized spacial score (nSPS) is 26.2. The molecule has 0 saturated carbocycles. The zero-order chi connectivity index (χ0) is 12.8. The molecule has 6 nitrogen and oxygen atoms in total. The van der Waals surface area contributed by atoms with Crippen LogP contribution >= 0.6 is 0 Å². The van der Waals surface area contributed by atoms with Crippen LogP contribution in [0.4, 0.5) is 4.79 Å². The van der Waals surface area contributed by atoms with E-state index >= 15 is 0 Å². The summed E-state index contributed by atoms with van der Waals surface area (Å²) in [5, 5.41) is 9.15. The molecule has 0 aromatic heterocycles. The first kappa shape index (κ1) is 13.6. The summed E-state index contributed by atoms with van der Waals surface area (Å²) < 4.78 is 10.8. The fourth-order valence-electron chi connectivity index (χ4n) is 2.77. The number of nitrogens with one attached hydrogen (secondary N) is 3. The maximum Gasteiger partial charge on any atom is 0.315 e. The third kappa shape index (κ3) is 3.13. The zero-order valence-corrected chi connectivity index (χ0v) is 11.0. The lowest BCUT2D eigenvalue weighted by Crippen LogP contribution is -2.56. The van der Waals surface area contributed by atoms with Gasteiger partial charge in [-0.2, -0.15) is 0 Å². The molecule has 0 bridgehead atoms. The van der Waals surface area contributed by atoms with E-state index in [1.807, 2.05) is 0 Å². The summed E-state index contributed by atoms with van der Waals surface area (Å²) in [4.78, 5) is 11.8. The maximum atomic E-state index is 11.8. The minimum atomic E-state index is -0.149. The fraction of sp³-hybridized carbons (Fsp3) is 0.917. The molecule has 18 heavy (non-hydrogen) atoms. The summed E-state index contributed by atoms with van der Waals surface area (Å²) in [5.74, 6) is 0. The Kier molecular flexibility index (Phi) is 4.79. The SMILES string of the molecule is COCCNC(=O)NC1CCOC12CCNCC2. The van der Waals surface area contributed by atoms with Crippen molar-refractivity contribution in [1.29, 1.82) is 0 Å². The van der Waals surface area contributed by atoms with Crippen LogP contribution in [0.5, 0.6) is 0 Å². The number of hydrogen-bond acceptors (Lipinski definition) is 4. The number of carbonyl (C=O) groups is 1. The molecule has 1 spiro atoms. The topological polar surface area (TPSA) is 71.6 Å². The van der Waals surface area contributed by atoms with Gasteiger partial charge in [-0.15, -0.1) is 0 Å². The van der Waals surface area contributed by atoms with Crippen molar-refractivity contribution in [3.05, 3.63) is 0 Å². The predicted molar refractivity (Wildman–Crippen MR) is 67.6 cm³/mol. The summed E-state index contributed by atoms with van der Waals surface area (Å²) >= 11 is 0. The van der Waals surface area contributed by atoms with Crippen molar-refractivity contribution in [2.45, 2.75) is 30.9 Å². The van der Waals surface area contributed by atoms with Crippen molar-refractivity contribution < 1.29 is 14.3 Å². The summed E-state index contributed by atoms with van der Waals surface area (Å²) in [5.41, 5.74) is -0.149. The Morgan fingerprint density at radius 3 is 3.00 bits per heavy atom. The van der Waals surface area contributed by atoms with Gasteiger partial charge in [-0.3, -0.25) is 0 Å². The summed E-state index contributed by atoms with van der Waals surface area (Å²) in [6, 6.07) is 0.00241. The maximum absolute atomic E-state index is 11.8. The third-order valence-corrected chi connectivity index (χ3v) is 3.78. The zero-order valence-electron chi connectivity index (χ0n) is 11.0. The van der Waals surface area contributed by atoms with Crippen LogP contribution in [-0.4, -0.2) is 57.6 Å². The van der Waals surface area contributed by atoms with Gasteiger partial charge in [-0.25, -0.2) is 4.79 Å². The minimum absolute atomic E-state index is 0.125. The lowest BCUT2D eigenvalue weighted by molar-refractivity contribution is -0.0316. The summed E-state index contributed by atoms with van der Waals surface area (Å²) in [7, 11) is 1.62. The molecule has 2 aliphatic rings. The van der Waals surface area contributed by atoms with Crippen molar-refractivity contribution in [3.63, 3.8) is 0 Å². The molecule has 2 heterocycles. The molecule has 0 aromatic rings. The van der Waals surface area contributed by atoms with Crippen molar-refractivity contribution in [2.75, 3.05) is 40.0 Å². The van der Waals surface area contributed by atoms with Crippen LogP contribution in [0.25, 0.3) is 0 Å². The van der Waals surface area contributed by atoms with Crippen LogP contribution in [0, 0.1) is 0 Å². The average Bonchev–Trinajstić information content (AvgIpc) is 2.73. The average molecular weight is 257 g/mol. The van der Waals surface area contributed by atoms with Gasteiger partial charge in [0, 0.05) is 20.3 Å². The first-order valence-corrected chi connectivity index (χ1v) is 6.65. The van der Waals surface area contributed by atoms with Crippen LogP contribution in [0.2, 0.25) is 0 Å². The highest BCUT2D eigenvalue weighted by Crippen LogP contribution is 2.34. The molecule has 3 N–H and O–H groups in total. The van der Waals surface area contributed by atoms with E-state index in [-0.39, 0.29) is 17.7 Å². The van der Waals surface area contributed by atoms with Gasteiger partial charge in [0.05, 0.1) is 18.2 Å². The monoisotopic (exact) mass is 257 g/mol. The Morgan fingerprint density at radius 1 is 1.50 bits per heavy atom. The van der Waals surface area contributed by atoms with E-state index in [1.54, 1.807) is 7.11 Å². The van der Waals surface area contributed by atoms with Gasteiger partial charge in [0.2, 0.25) is 0 Å². The molecule has 1 unspecified atom stereocenters. The molecule has 2 amide bonds. The first-order chi connectivity index (χ1) is 8.77. The number of carbonyl (C=O) groups excluding carboxylic acids is 1. The number of ether oxygens (including phenoxy) is 2. The third-order valence-electron chi connectivity index (χ3n) is 3.78. The number of rotatable bonds is 4. The second-order valence-electron chi connectivity index (χ2n) is 4.90. The van der Waals surface area contributed by atoms with Gasteiger partial charge < -0.3 is 25.4 Å². The van der Waals surface area contributed by atoms with Gasteiger partial charge >= 0.3 is 6.03 Å². The van der Waals surface area contributed by atoms with E-state index in [0.717, 1.165) is 39.0 Å². The molecule has 2 rings (SSSR count). The smallest absolute Gasteiger partial charge is 0.315 e. The molecule has 0 aromatic carbocycles. The standard InChI is InChI=1S/C12H23N3O3/c1-17-9-7-14-11(16)15-10-2-8-18-12(10)3-5-13-6-4-12/h10,13H,2-9H2,1H3,(H2,14,15,16). The quantitative estimate of drug-likeness (QED) is 0.612. The number of urea groups is 1. The van der Waals surface area contributed by atoms with E-state index in [1.165, 1.54) is 0 Å². The van der Waals surface area contributed by atoms with Gasteiger partial charge in [-0.1, -0.05) is 0 Å². The van der Waals surface area contributed by atoms with Crippen LogP contribution in [0.15, 0.2) is 0 Å². The van der Waals surface area contributed by atoms with Crippen molar-refractivity contribution in [2.24, 2.45) is 0 Å². The highest BCUT2D eigenvalue weighted by Gasteiger charge is 2.45. The highest BCUT2D eigenvalue weighted by molar-refractivity contribution is 5.74. The van der Waals surface area contributed by atoms with Gasteiger partial charge in [0.1, 0.15) is 0 Å². The summed E-state index contributed by atoms with van der Waals surface area (Å²) in [6.45, 7) is 3.73. The number of piperidine rings is 1. The number of amides is 2.